The fourth-order valence-corrected chi connectivity index (χ4v) is 7.16. The summed E-state index contributed by atoms with van der Waals surface area (Å²) in [6, 6.07) is 11.1. The van der Waals surface area contributed by atoms with Crippen LogP contribution in [0.2, 0.25) is 51.4 Å². The fraction of sp³-hybridized carbons (Fsp3) is 0.459. The summed E-state index contributed by atoms with van der Waals surface area (Å²) in [7, 11) is -2.10. The second-order valence-corrected chi connectivity index (χ2v) is 26.5. The quantitative estimate of drug-likeness (QED) is 0.0848. The van der Waals surface area contributed by atoms with Crippen LogP contribution in [0.4, 0.5) is 0 Å². The topological polar surface area (TPSA) is 101 Å². The van der Waals surface area contributed by atoms with Gasteiger partial charge in [0.25, 0.3) is 0 Å². The molecule has 1 N–H and O–H groups in total. The fourth-order valence-electron chi connectivity index (χ4n) is 5.64. The highest BCUT2D eigenvalue weighted by Crippen LogP contribution is 2.30. The van der Waals surface area contributed by atoms with E-state index in [0.717, 1.165) is 64.8 Å². The zero-order valence-electron chi connectivity index (χ0n) is 30.6. The van der Waals surface area contributed by atoms with Crippen LogP contribution in [0.1, 0.15) is 32.7 Å². The lowest BCUT2D eigenvalue weighted by Gasteiger charge is -2.15. The number of fused-ring (bicyclic) bond motifs is 2. The van der Waals surface area contributed by atoms with Gasteiger partial charge in [-0.25, -0.2) is 9.97 Å². The van der Waals surface area contributed by atoms with Crippen molar-refractivity contribution in [3.8, 4) is 22.3 Å². The van der Waals surface area contributed by atoms with Crippen LogP contribution < -0.4 is 0 Å². The molecular formula is C37H54N8O2Si2. The van der Waals surface area contributed by atoms with Crippen LogP contribution in [0.5, 0.6) is 0 Å². The van der Waals surface area contributed by atoms with E-state index in [0.29, 0.717) is 19.5 Å². The number of pyridine rings is 2. The third kappa shape index (κ3) is 9.87. The van der Waals surface area contributed by atoms with Crippen LogP contribution in [0.3, 0.4) is 0 Å². The molecule has 0 aromatic carbocycles. The number of rotatable bonds is 15. The molecule has 0 saturated heterocycles. The molecule has 262 valence electrons. The van der Waals surface area contributed by atoms with Crippen LogP contribution in [-0.2, 0) is 22.9 Å². The molecule has 6 heterocycles. The zero-order chi connectivity index (χ0) is 35.0. The normalized spacial score (nSPS) is 12.8. The maximum absolute atomic E-state index is 5.91. The highest BCUT2D eigenvalue weighted by molar-refractivity contribution is 6.76. The molecule has 49 heavy (non-hydrogen) atoms. The van der Waals surface area contributed by atoms with Gasteiger partial charge in [-0.2, -0.15) is 10.2 Å². The van der Waals surface area contributed by atoms with Crippen LogP contribution in [-0.4, -0.2) is 68.4 Å². The summed E-state index contributed by atoms with van der Waals surface area (Å²) in [4.78, 5) is 9.09. The van der Waals surface area contributed by atoms with Crippen LogP contribution in [0, 0.1) is 0 Å². The Kier molecular flexibility index (Phi) is 12.1. The second kappa shape index (κ2) is 16.2. The number of ether oxygens (including phenoxy) is 2. The minimum absolute atomic E-state index is 0.422. The maximum Gasteiger partial charge on any atom is 0.142 e. The van der Waals surface area contributed by atoms with Crippen molar-refractivity contribution in [1.82, 2.24) is 39.1 Å². The summed E-state index contributed by atoms with van der Waals surface area (Å²) >= 11 is 0. The average molecular weight is 699 g/mol. The Bertz CT molecular complexity index is 1900. The first-order chi connectivity index (χ1) is 23.4. The standard InChI is InChI=1S/C21H32N4OSi.C16H22N4OSi/c1-6-7-17(2)25-15-18(14-23-25)19-8-10-22-21-20(19)9-11-24(21)16-26-12-13-27(3,4)5;1-22(2,3)9-8-21-12-20-7-5-15-14(4-6-17-16(15)20)13-10-18-19-11-13/h8-11,14-15,17H,6-7,12-13,16H2,1-5H3;4-7,10-11H,8-9,12H2,1-3H3,(H,18,19). The van der Waals surface area contributed by atoms with Crippen molar-refractivity contribution in [2.75, 3.05) is 13.2 Å². The molecule has 10 nitrogen and oxygen atoms in total. The number of hydrogen-bond donors (Lipinski definition) is 1. The van der Waals surface area contributed by atoms with Crippen molar-refractivity contribution < 1.29 is 9.47 Å². The van der Waals surface area contributed by atoms with Gasteiger partial charge in [0.05, 0.1) is 12.4 Å². The van der Waals surface area contributed by atoms with E-state index in [-0.39, 0.29) is 0 Å². The van der Waals surface area contributed by atoms with Gasteiger partial charge in [-0.1, -0.05) is 52.6 Å². The number of nitrogens with zero attached hydrogens (tertiary/aromatic N) is 7. The van der Waals surface area contributed by atoms with Gasteiger partial charge in [-0.15, -0.1) is 0 Å². The molecule has 0 aliphatic rings. The first-order valence-electron chi connectivity index (χ1n) is 17.5. The summed E-state index contributed by atoms with van der Waals surface area (Å²) in [6.07, 6.45) is 18.0. The molecule has 0 bridgehead atoms. The van der Waals surface area contributed by atoms with E-state index in [9.17, 15) is 0 Å². The van der Waals surface area contributed by atoms with E-state index >= 15 is 0 Å². The third-order valence-electron chi connectivity index (χ3n) is 8.66. The predicted octanol–water partition coefficient (Wildman–Crippen LogP) is 9.31. The predicted molar refractivity (Wildman–Crippen MR) is 206 cm³/mol. The van der Waals surface area contributed by atoms with Crippen molar-refractivity contribution >= 4 is 38.2 Å². The number of H-pyrrole nitrogens is 1. The lowest BCUT2D eigenvalue weighted by Crippen LogP contribution is -2.22. The molecule has 0 aliphatic carbocycles. The molecule has 1 unspecified atom stereocenters. The first-order valence-corrected chi connectivity index (χ1v) is 24.9. The van der Waals surface area contributed by atoms with Crippen molar-refractivity contribution in [3.05, 3.63) is 73.8 Å². The average Bonchev–Trinajstić information content (AvgIpc) is 3.88. The number of nitrogens with one attached hydrogen (secondary N) is 1. The highest BCUT2D eigenvalue weighted by atomic mass is 28.3. The lowest BCUT2D eigenvalue weighted by atomic mass is 10.1. The van der Waals surface area contributed by atoms with Gasteiger partial charge in [-0.3, -0.25) is 9.78 Å². The van der Waals surface area contributed by atoms with Crippen LogP contribution >= 0.6 is 0 Å². The Morgan fingerprint density at radius 3 is 1.80 bits per heavy atom. The summed E-state index contributed by atoms with van der Waals surface area (Å²) in [5.41, 5.74) is 6.45. The molecule has 0 saturated carbocycles. The first kappa shape index (κ1) is 36.4. The molecule has 1 atom stereocenters. The Labute approximate surface area is 292 Å². The van der Waals surface area contributed by atoms with Crippen molar-refractivity contribution in [1.29, 1.82) is 0 Å². The van der Waals surface area contributed by atoms with E-state index in [1.165, 1.54) is 17.7 Å². The van der Waals surface area contributed by atoms with Gasteiger partial charge < -0.3 is 18.6 Å². The molecule has 0 aliphatic heterocycles. The van der Waals surface area contributed by atoms with Crippen LogP contribution in [0.25, 0.3) is 44.3 Å². The van der Waals surface area contributed by atoms with Gasteiger partial charge in [0, 0.05) is 94.5 Å². The van der Waals surface area contributed by atoms with Gasteiger partial charge in [0.1, 0.15) is 24.8 Å². The number of aromatic amines is 1. The minimum atomic E-state index is -1.06. The summed E-state index contributed by atoms with van der Waals surface area (Å²) < 4.78 is 18.0. The molecular weight excluding hydrogens is 645 g/mol. The van der Waals surface area contributed by atoms with Gasteiger partial charge in [0.2, 0.25) is 0 Å². The van der Waals surface area contributed by atoms with Gasteiger partial charge in [-0.05, 0) is 60.8 Å². The van der Waals surface area contributed by atoms with Crippen molar-refractivity contribution in [2.24, 2.45) is 0 Å². The minimum Gasteiger partial charge on any atom is -0.361 e. The maximum atomic E-state index is 5.91. The Morgan fingerprint density at radius 2 is 1.31 bits per heavy atom. The Hall–Kier alpha value is -3.85. The molecule has 12 heteroatoms. The third-order valence-corrected chi connectivity index (χ3v) is 12.1. The zero-order valence-corrected chi connectivity index (χ0v) is 32.6. The molecule has 6 aromatic heterocycles. The SMILES string of the molecule is CCCC(C)n1cc(-c2ccnc3c2ccn3COCC[Si](C)(C)C)cn1.C[Si](C)(C)CCOCn1ccc2c(-c3cn[nH]c3)ccnc21. The van der Waals surface area contributed by atoms with E-state index < -0.39 is 16.1 Å². The van der Waals surface area contributed by atoms with Crippen molar-refractivity contribution in [3.63, 3.8) is 0 Å². The second-order valence-electron chi connectivity index (χ2n) is 15.3. The Balaban J connectivity index is 0.000000195. The summed E-state index contributed by atoms with van der Waals surface area (Å²) in [5.74, 6) is 0. The monoisotopic (exact) mass is 698 g/mol. The molecule has 0 radical (unpaired) electrons. The highest BCUT2D eigenvalue weighted by Gasteiger charge is 2.15. The van der Waals surface area contributed by atoms with E-state index in [1.54, 1.807) is 0 Å². The number of aromatic nitrogens is 8. The number of hydrogen-bond acceptors (Lipinski definition) is 6. The molecule has 6 rings (SSSR count). The largest absolute Gasteiger partial charge is 0.361 e. The van der Waals surface area contributed by atoms with Crippen molar-refractivity contribution in [2.45, 2.75) is 97.6 Å². The molecule has 0 spiro atoms. The van der Waals surface area contributed by atoms with Crippen LogP contribution in [0.15, 0.2) is 73.8 Å². The van der Waals surface area contributed by atoms with Gasteiger partial charge >= 0.3 is 0 Å². The lowest BCUT2D eigenvalue weighted by molar-refractivity contribution is 0.0898. The summed E-state index contributed by atoms with van der Waals surface area (Å²) in [5, 5.41) is 13.7. The van der Waals surface area contributed by atoms with Gasteiger partial charge in [0.15, 0.2) is 0 Å². The van der Waals surface area contributed by atoms with E-state index in [4.69, 9.17) is 9.47 Å². The summed E-state index contributed by atoms with van der Waals surface area (Å²) in [6.45, 7) is 21.4. The molecule has 6 aromatic rings. The van der Waals surface area contributed by atoms with E-state index in [1.807, 2.05) is 43.2 Å². The Morgan fingerprint density at radius 1 is 0.755 bits per heavy atom. The van der Waals surface area contributed by atoms with E-state index in [2.05, 4.69) is 123 Å². The smallest absolute Gasteiger partial charge is 0.142 e. The molecule has 0 amide bonds. The molecule has 0 fully saturated rings.